The molecule has 5 rings (SSSR count). The zero-order valence-corrected chi connectivity index (χ0v) is 20.6. The molecule has 3 nitrogen and oxygen atoms in total. The molecule has 1 heterocycles. The minimum Gasteiger partial charge on any atom is -0.359 e. The molecule has 38 heavy (non-hydrogen) atoms. The Bertz CT molecular complexity index is 1330. The van der Waals surface area contributed by atoms with Gasteiger partial charge in [-0.25, -0.2) is 8.78 Å². The van der Waals surface area contributed by atoms with Crippen molar-refractivity contribution in [1.29, 1.82) is 0 Å². The number of hydrogen-bond acceptors (Lipinski definition) is 2. The maximum absolute atomic E-state index is 13.6. The van der Waals surface area contributed by atoms with Gasteiger partial charge in [-0.15, -0.1) is 0 Å². The van der Waals surface area contributed by atoms with Crippen LogP contribution >= 0.6 is 0 Å². The number of benzene rings is 3. The Kier molecular flexibility index (Phi) is 6.75. The molecule has 0 unspecified atom stereocenters. The Balaban J connectivity index is 1.21. The van der Waals surface area contributed by atoms with Crippen molar-refractivity contribution in [2.45, 2.75) is 31.9 Å². The molecule has 0 bridgehead atoms. The zero-order valence-electron chi connectivity index (χ0n) is 20.6. The van der Waals surface area contributed by atoms with Crippen molar-refractivity contribution in [3.8, 4) is 11.1 Å². The summed E-state index contributed by atoms with van der Waals surface area (Å²) in [6.45, 7) is 5.07. The van der Waals surface area contributed by atoms with Gasteiger partial charge in [0.05, 0.1) is 11.1 Å². The summed E-state index contributed by atoms with van der Waals surface area (Å²) in [5, 5.41) is 3.38. The van der Waals surface area contributed by atoms with Gasteiger partial charge in [-0.05, 0) is 79.1 Å². The van der Waals surface area contributed by atoms with Crippen LogP contribution in [0.3, 0.4) is 0 Å². The number of carbonyl (C=O) groups is 1. The predicted octanol–water partition coefficient (Wildman–Crippen LogP) is 7.91. The number of carbonyl (C=O) groups excluding carboxylic acids is 1. The van der Waals surface area contributed by atoms with Crippen LogP contribution in [-0.2, 0) is 6.18 Å². The van der Waals surface area contributed by atoms with Gasteiger partial charge in [0.25, 0.3) is 5.91 Å². The van der Waals surface area contributed by atoms with E-state index < -0.39 is 29.3 Å². The Labute approximate surface area is 218 Å². The second-order valence-electron chi connectivity index (χ2n) is 10.1. The lowest BCUT2D eigenvalue weighted by Gasteiger charge is -2.37. The minimum atomic E-state index is -4.59. The maximum Gasteiger partial charge on any atom is 0.417 e. The Morgan fingerprint density at radius 2 is 1.50 bits per heavy atom. The number of anilines is 1. The number of rotatable bonds is 6. The number of likely N-dealkylation sites (tertiary alicyclic amines) is 1. The maximum atomic E-state index is 13.6. The van der Waals surface area contributed by atoms with E-state index in [1.807, 2.05) is 12.1 Å². The average Bonchev–Trinajstić information content (AvgIpc) is 3.70. The normalized spacial score (nSPS) is 17.2. The first-order chi connectivity index (χ1) is 18.1. The lowest BCUT2D eigenvalue weighted by atomic mass is 9.79. The summed E-state index contributed by atoms with van der Waals surface area (Å²) in [4.78, 5) is 14.5. The highest BCUT2D eigenvalue weighted by atomic mass is 19.4. The number of piperidine rings is 1. The van der Waals surface area contributed by atoms with E-state index in [9.17, 15) is 26.7 Å². The van der Waals surface area contributed by atoms with Crippen LogP contribution in [0.15, 0.2) is 79.0 Å². The molecule has 1 saturated carbocycles. The van der Waals surface area contributed by atoms with Crippen LogP contribution in [0.2, 0.25) is 0 Å². The molecule has 3 aromatic rings. The van der Waals surface area contributed by atoms with Gasteiger partial charge in [0, 0.05) is 36.0 Å². The van der Waals surface area contributed by atoms with E-state index in [0.717, 1.165) is 36.4 Å². The first-order valence-electron chi connectivity index (χ1n) is 12.6. The number of amides is 1. The quantitative estimate of drug-likeness (QED) is 0.331. The number of allylic oxidation sites excluding steroid dienone is 1. The van der Waals surface area contributed by atoms with Gasteiger partial charge < -0.3 is 10.2 Å². The highest BCUT2D eigenvalue weighted by Crippen LogP contribution is 2.59. The Morgan fingerprint density at radius 1 is 0.895 bits per heavy atom. The van der Waals surface area contributed by atoms with Crippen molar-refractivity contribution in [2.75, 3.05) is 18.4 Å². The van der Waals surface area contributed by atoms with E-state index in [1.54, 1.807) is 12.1 Å². The largest absolute Gasteiger partial charge is 0.417 e. The first kappa shape index (κ1) is 25.9. The summed E-state index contributed by atoms with van der Waals surface area (Å²) in [5.74, 6) is -1.59. The number of halogens is 5. The summed E-state index contributed by atoms with van der Waals surface area (Å²) < 4.78 is 67.3. The van der Waals surface area contributed by atoms with E-state index >= 15 is 0 Å². The molecule has 0 atom stereocenters. The Morgan fingerprint density at radius 3 is 2.08 bits per heavy atom. The summed E-state index contributed by atoms with van der Waals surface area (Å²) >= 11 is 0. The molecule has 0 spiro atoms. The topological polar surface area (TPSA) is 32.3 Å². The van der Waals surface area contributed by atoms with E-state index in [1.165, 1.54) is 35.2 Å². The molecule has 2 aliphatic rings. The number of hydrogen-bond donors (Lipinski definition) is 1. The fraction of sp³-hybridized carbons (Fsp3) is 0.300. The molecule has 0 aromatic heterocycles. The highest BCUT2D eigenvalue weighted by molar-refractivity contribution is 5.96. The van der Waals surface area contributed by atoms with Crippen LogP contribution in [0.1, 0.15) is 41.6 Å². The van der Waals surface area contributed by atoms with Gasteiger partial charge in [0.2, 0.25) is 0 Å². The van der Waals surface area contributed by atoms with Crippen molar-refractivity contribution in [2.24, 2.45) is 11.3 Å². The highest BCUT2D eigenvalue weighted by Gasteiger charge is 2.52. The molecule has 1 aliphatic carbocycles. The van der Waals surface area contributed by atoms with Crippen molar-refractivity contribution in [3.63, 3.8) is 0 Å². The first-order valence-corrected chi connectivity index (χ1v) is 12.6. The van der Waals surface area contributed by atoms with Crippen molar-refractivity contribution < 1.29 is 26.7 Å². The standard InChI is InChI=1S/C30H27F5N2O/c1-19(36-25-8-6-20(7-9-25)21-16-23(31)18-24(32)17-21)29(12-13-29)22-10-14-37(15-11-22)28(38)26-4-2-3-5-27(26)30(33,34)35/h2-9,16-18,22,36H,1,10-15H2. The molecule has 198 valence electrons. The van der Waals surface area contributed by atoms with Gasteiger partial charge >= 0.3 is 6.18 Å². The third kappa shape index (κ3) is 5.17. The van der Waals surface area contributed by atoms with E-state index in [2.05, 4.69) is 11.9 Å². The van der Waals surface area contributed by atoms with E-state index in [-0.39, 0.29) is 16.9 Å². The van der Waals surface area contributed by atoms with Gasteiger partial charge in [-0.1, -0.05) is 30.8 Å². The van der Waals surface area contributed by atoms with Crippen LogP contribution in [0, 0.1) is 23.0 Å². The van der Waals surface area contributed by atoms with Crippen molar-refractivity contribution in [1.82, 2.24) is 4.90 Å². The summed E-state index contributed by atoms with van der Waals surface area (Å²) in [6.07, 6.45) is -1.31. The van der Waals surface area contributed by atoms with Crippen LogP contribution in [0.4, 0.5) is 27.6 Å². The second-order valence-corrected chi connectivity index (χ2v) is 10.1. The van der Waals surface area contributed by atoms with Crippen LogP contribution < -0.4 is 5.32 Å². The fourth-order valence-corrected chi connectivity index (χ4v) is 5.58. The summed E-state index contributed by atoms with van der Waals surface area (Å²) in [7, 11) is 0. The van der Waals surface area contributed by atoms with Crippen LogP contribution in [0.25, 0.3) is 11.1 Å². The number of nitrogens with zero attached hydrogens (tertiary/aromatic N) is 1. The SMILES string of the molecule is C=C(Nc1ccc(-c2cc(F)cc(F)c2)cc1)C1(C2CCN(C(=O)c3ccccc3C(F)(F)F)CC2)CC1. The molecule has 3 aromatic carbocycles. The third-order valence-corrected chi connectivity index (χ3v) is 7.79. The van der Waals surface area contributed by atoms with Crippen molar-refractivity contribution in [3.05, 3.63) is 102 Å². The fourth-order valence-electron chi connectivity index (χ4n) is 5.58. The van der Waals surface area contributed by atoms with Crippen LogP contribution in [0.5, 0.6) is 0 Å². The average molecular weight is 527 g/mol. The summed E-state index contributed by atoms with van der Waals surface area (Å²) in [5.41, 5.74) is 1.47. The van der Waals surface area contributed by atoms with Gasteiger partial charge in [0.15, 0.2) is 0 Å². The molecule has 1 amide bonds. The van der Waals surface area contributed by atoms with Gasteiger partial charge in [-0.3, -0.25) is 4.79 Å². The van der Waals surface area contributed by atoms with Gasteiger partial charge in [-0.2, -0.15) is 13.2 Å². The minimum absolute atomic E-state index is 0.122. The van der Waals surface area contributed by atoms with Crippen LogP contribution in [-0.4, -0.2) is 23.9 Å². The lowest BCUT2D eigenvalue weighted by Crippen LogP contribution is -2.41. The Hall–Kier alpha value is -3.68. The molecule has 2 fully saturated rings. The number of nitrogens with one attached hydrogen (secondary N) is 1. The summed E-state index contributed by atoms with van der Waals surface area (Å²) in [6, 6.07) is 15.5. The van der Waals surface area contributed by atoms with Crippen molar-refractivity contribution >= 4 is 11.6 Å². The van der Waals surface area contributed by atoms with E-state index in [4.69, 9.17) is 0 Å². The molecule has 1 N–H and O–H groups in total. The molecular formula is C30H27F5N2O. The number of alkyl halides is 3. The molecule has 8 heteroatoms. The smallest absolute Gasteiger partial charge is 0.359 e. The second kappa shape index (κ2) is 9.89. The molecule has 0 radical (unpaired) electrons. The monoisotopic (exact) mass is 526 g/mol. The predicted molar refractivity (Wildman–Crippen MR) is 136 cm³/mol. The zero-order chi connectivity index (χ0) is 27.1. The third-order valence-electron chi connectivity index (χ3n) is 7.79. The van der Waals surface area contributed by atoms with Gasteiger partial charge in [0.1, 0.15) is 11.6 Å². The molecular weight excluding hydrogens is 499 g/mol. The molecule has 1 aliphatic heterocycles. The molecule has 1 saturated heterocycles. The lowest BCUT2D eigenvalue weighted by molar-refractivity contribution is -0.138. The van der Waals surface area contributed by atoms with E-state index in [0.29, 0.717) is 37.1 Å².